The van der Waals surface area contributed by atoms with Gasteiger partial charge in [0.2, 0.25) is 5.88 Å². The molecule has 7 heteroatoms. The lowest BCUT2D eigenvalue weighted by atomic mass is 10.3. The third kappa shape index (κ3) is 3.18. The van der Waals surface area contributed by atoms with Crippen molar-refractivity contribution in [3.05, 3.63) is 56.1 Å². The van der Waals surface area contributed by atoms with E-state index in [0.29, 0.717) is 5.75 Å². The van der Waals surface area contributed by atoms with Gasteiger partial charge >= 0.3 is 0 Å². The zero-order chi connectivity index (χ0) is 13.1. The molecule has 0 fully saturated rings. The summed E-state index contributed by atoms with van der Waals surface area (Å²) in [5, 5.41) is 10.7. The van der Waals surface area contributed by atoms with E-state index in [4.69, 9.17) is 16.3 Å². The Bertz CT molecular complexity index is 607. The van der Waals surface area contributed by atoms with Gasteiger partial charge in [-0.2, -0.15) is 0 Å². The number of pyridine rings is 1. The highest BCUT2D eigenvalue weighted by molar-refractivity contribution is 9.10. The standard InChI is InChI=1S/C11H6BrClN2O3/c12-7-2-1-3-9(4-7)18-11-6-8(15(16)17)5-10(13)14-11/h1-6H. The van der Waals surface area contributed by atoms with Crippen LogP contribution in [0.1, 0.15) is 0 Å². The van der Waals surface area contributed by atoms with Crippen LogP contribution in [0, 0.1) is 10.1 Å². The summed E-state index contributed by atoms with van der Waals surface area (Å²) < 4.78 is 6.23. The predicted octanol–water partition coefficient (Wildman–Crippen LogP) is 4.20. The zero-order valence-corrected chi connectivity index (χ0v) is 11.2. The summed E-state index contributed by atoms with van der Waals surface area (Å²) >= 11 is 8.98. The van der Waals surface area contributed by atoms with E-state index >= 15 is 0 Å². The average Bonchev–Trinajstić information content (AvgIpc) is 2.28. The van der Waals surface area contributed by atoms with Crippen molar-refractivity contribution in [1.82, 2.24) is 4.98 Å². The summed E-state index contributed by atoms with van der Waals surface area (Å²) in [5.41, 5.74) is -0.167. The molecule has 1 aromatic carbocycles. The summed E-state index contributed by atoms with van der Waals surface area (Å²) in [4.78, 5) is 14.0. The number of rotatable bonds is 3. The fourth-order valence-corrected chi connectivity index (χ4v) is 1.84. The molecule has 0 saturated carbocycles. The molecule has 0 saturated heterocycles. The van der Waals surface area contributed by atoms with Gasteiger partial charge in [-0.3, -0.25) is 10.1 Å². The Labute approximate surface area is 116 Å². The molecule has 0 atom stereocenters. The molecule has 2 aromatic rings. The van der Waals surface area contributed by atoms with Gasteiger partial charge in [-0.25, -0.2) is 4.98 Å². The Morgan fingerprint density at radius 2 is 2.11 bits per heavy atom. The highest BCUT2D eigenvalue weighted by Gasteiger charge is 2.11. The molecule has 0 bridgehead atoms. The van der Waals surface area contributed by atoms with Crippen molar-refractivity contribution in [3.63, 3.8) is 0 Å². The number of hydrogen-bond donors (Lipinski definition) is 0. The Morgan fingerprint density at radius 3 is 2.78 bits per heavy atom. The lowest BCUT2D eigenvalue weighted by molar-refractivity contribution is -0.385. The quantitative estimate of drug-likeness (QED) is 0.481. The van der Waals surface area contributed by atoms with Crippen LogP contribution >= 0.6 is 27.5 Å². The summed E-state index contributed by atoms with van der Waals surface area (Å²) in [6, 6.07) is 9.41. The maximum absolute atomic E-state index is 10.7. The molecule has 0 amide bonds. The van der Waals surface area contributed by atoms with E-state index in [1.807, 2.05) is 6.07 Å². The second kappa shape index (κ2) is 5.32. The van der Waals surface area contributed by atoms with E-state index < -0.39 is 4.92 Å². The van der Waals surface area contributed by atoms with Crippen LogP contribution in [0.3, 0.4) is 0 Å². The minimum absolute atomic E-state index is 0.00852. The Hall–Kier alpha value is -1.66. The molecule has 0 spiro atoms. The van der Waals surface area contributed by atoms with Crippen LogP contribution in [0.25, 0.3) is 0 Å². The van der Waals surface area contributed by atoms with Crippen LogP contribution in [-0.2, 0) is 0 Å². The van der Waals surface area contributed by atoms with Gasteiger partial charge < -0.3 is 4.74 Å². The van der Waals surface area contributed by atoms with Gasteiger partial charge in [-0.1, -0.05) is 33.6 Å². The molecule has 2 rings (SSSR count). The molecule has 0 radical (unpaired) electrons. The third-order valence-corrected chi connectivity index (χ3v) is 2.67. The number of benzene rings is 1. The van der Waals surface area contributed by atoms with Crippen LogP contribution in [0.2, 0.25) is 5.15 Å². The summed E-state index contributed by atoms with van der Waals surface area (Å²) in [7, 11) is 0. The molecule has 0 aliphatic carbocycles. The molecule has 0 aliphatic heterocycles. The van der Waals surface area contributed by atoms with Gasteiger partial charge in [0, 0.05) is 4.47 Å². The van der Waals surface area contributed by atoms with Crippen molar-refractivity contribution >= 4 is 33.2 Å². The number of hydrogen-bond acceptors (Lipinski definition) is 4. The molecular formula is C11H6BrClN2O3. The Morgan fingerprint density at radius 1 is 1.33 bits per heavy atom. The summed E-state index contributed by atoms with van der Waals surface area (Å²) in [6.45, 7) is 0. The highest BCUT2D eigenvalue weighted by atomic mass is 79.9. The average molecular weight is 330 g/mol. The molecule has 0 N–H and O–H groups in total. The molecule has 1 heterocycles. The maximum atomic E-state index is 10.7. The first-order chi connectivity index (χ1) is 8.54. The number of ether oxygens (including phenoxy) is 1. The molecule has 92 valence electrons. The lowest BCUT2D eigenvalue weighted by Crippen LogP contribution is -1.93. The number of aromatic nitrogens is 1. The molecule has 18 heavy (non-hydrogen) atoms. The third-order valence-electron chi connectivity index (χ3n) is 1.98. The van der Waals surface area contributed by atoms with Crippen molar-refractivity contribution < 1.29 is 9.66 Å². The van der Waals surface area contributed by atoms with Crippen molar-refractivity contribution in [2.24, 2.45) is 0 Å². The molecule has 1 aromatic heterocycles. The Balaban J connectivity index is 2.31. The van der Waals surface area contributed by atoms with Crippen LogP contribution in [0.5, 0.6) is 11.6 Å². The van der Waals surface area contributed by atoms with E-state index in [2.05, 4.69) is 20.9 Å². The van der Waals surface area contributed by atoms with Gasteiger partial charge in [-0.05, 0) is 18.2 Å². The maximum Gasteiger partial charge on any atom is 0.277 e. The minimum atomic E-state index is -0.554. The summed E-state index contributed by atoms with van der Waals surface area (Å²) in [5.74, 6) is 0.584. The molecule has 0 unspecified atom stereocenters. The van der Waals surface area contributed by atoms with Gasteiger partial charge in [0.25, 0.3) is 5.69 Å². The van der Waals surface area contributed by atoms with E-state index in [0.717, 1.165) is 10.5 Å². The normalized spacial score (nSPS) is 10.1. The fraction of sp³-hybridized carbons (Fsp3) is 0. The van der Waals surface area contributed by atoms with Crippen molar-refractivity contribution in [1.29, 1.82) is 0 Å². The number of halogens is 2. The topological polar surface area (TPSA) is 65.3 Å². The van der Waals surface area contributed by atoms with Gasteiger partial charge in [0.05, 0.1) is 17.1 Å². The van der Waals surface area contributed by atoms with Crippen LogP contribution in [0.4, 0.5) is 5.69 Å². The van der Waals surface area contributed by atoms with Gasteiger partial charge in [0.1, 0.15) is 10.9 Å². The first-order valence-electron chi connectivity index (χ1n) is 4.80. The first kappa shape index (κ1) is 12.8. The monoisotopic (exact) mass is 328 g/mol. The smallest absolute Gasteiger partial charge is 0.277 e. The van der Waals surface area contributed by atoms with E-state index in [1.165, 1.54) is 6.07 Å². The van der Waals surface area contributed by atoms with E-state index in [-0.39, 0.29) is 16.7 Å². The van der Waals surface area contributed by atoms with Crippen LogP contribution in [0.15, 0.2) is 40.9 Å². The zero-order valence-electron chi connectivity index (χ0n) is 8.84. The SMILES string of the molecule is O=[N+]([O-])c1cc(Cl)nc(Oc2cccc(Br)c2)c1. The summed E-state index contributed by atoms with van der Waals surface area (Å²) in [6.07, 6.45) is 0. The van der Waals surface area contributed by atoms with Crippen molar-refractivity contribution in [3.8, 4) is 11.6 Å². The second-order valence-corrected chi connectivity index (χ2v) is 4.61. The number of nitro groups is 1. The van der Waals surface area contributed by atoms with Crippen LogP contribution in [-0.4, -0.2) is 9.91 Å². The van der Waals surface area contributed by atoms with E-state index in [1.54, 1.807) is 18.2 Å². The van der Waals surface area contributed by atoms with Crippen molar-refractivity contribution in [2.75, 3.05) is 0 Å². The molecular weight excluding hydrogens is 323 g/mol. The second-order valence-electron chi connectivity index (χ2n) is 3.30. The molecule has 0 aliphatic rings. The largest absolute Gasteiger partial charge is 0.439 e. The predicted molar refractivity (Wildman–Crippen MR) is 70.1 cm³/mol. The Kier molecular flexibility index (Phi) is 3.78. The highest BCUT2D eigenvalue weighted by Crippen LogP contribution is 2.27. The minimum Gasteiger partial charge on any atom is -0.439 e. The first-order valence-corrected chi connectivity index (χ1v) is 5.97. The van der Waals surface area contributed by atoms with Gasteiger partial charge in [-0.15, -0.1) is 0 Å². The number of nitrogens with zero attached hydrogens (tertiary/aromatic N) is 2. The molecule has 5 nitrogen and oxygen atoms in total. The van der Waals surface area contributed by atoms with Crippen LogP contribution < -0.4 is 4.74 Å². The fourth-order valence-electron chi connectivity index (χ4n) is 1.27. The van der Waals surface area contributed by atoms with Crippen molar-refractivity contribution in [2.45, 2.75) is 0 Å². The van der Waals surface area contributed by atoms with Gasteiger partial charge in [0.15, 0.2) is 0 Å². The lowest BCUT2D eigenvalue weighted by Gasteiger charge is -2.05. The van der Waals surface area contributed by atoms with E-state index in [9.17, 15) is 10.1 Å².